The molecule has 3 rings (SSSR count). The SMILES string of the molecule is O=C(CCSc1ccccc1Cl)NCC(c1ccco1)N1CCCCC1. The first-order valence-electron chi connectivity index (χ1n) is 9.15. The van der Waals surface area contributed by atoms with Crippen LogP contribution in [0.15, 0.2) is 52.0 Å². The Balaban J connectivity index is 1.47. The number of rotatable bonds is 8. The number of carbonyl (C=O) groups is 1. The number of piperidine rings is 1. The lowest BCUT2D eigenvalue weighted by atomic mass is 10.1. The Labute approximate surface area is 164 Å². The van der Waals surface area contributed by atoms with Crippen LogP contribution in [0.2, 0.25) is 5.02 Å². The summed E-state index contributed by atoms with van der Waals surface area (Å²) in [5, 5.41) is 3.82. The van der Waals surface area contributed by atoms with Crippen LogP contribution in [0.5, 0.6) is 0 Å². The first kappa shape index (κ1) is 19.3. The van der Waals surface area contributed by atoms with Crippen LogP contribution in [0.25, 0.3) is 0 Å². The monoisotopic (exact) mass is 392 g/mol. The number of halogens is 1. The number of thioether (sulfide) groups is 1. The van der Waals surface area contributed by atoms with Gasteiger partial charge in [0.15, 0.2) is 0 Å². The molecule has 1 amide bonds. The maximum absolute atomic E-state index is 12.3. The minimum absolute atomic E-state index is 0.0677. The highest BCUT2D eigenvalue weighted by atomic mass is 35.5. The normalized spacial score (nSPS) is 16.3. The molecule has 1 fully saturated rings. The topological polar surface area (TPSA) is 45.5 Å². The van der Waals surface area contributed by atoms with Gasteiger partial charge in [-0.2, -0.15) is 0 Å². The van der Waals surface area contributed by atoms with Gasteiger partial charge in [-0.15, -0.1) is 11.8 Å². The lowest BCUT2D eigenvalue weighted by molar-refractivity contribution is -0.121. The maximum Gasteiger partial charge on any atom is 0.220 e. The second-order valence-corrected chi connectivity index (χ2v) is 8.00. The molecule has 140 valence electrons. The van der Waals surface area contributed by atoms with Crippen LogP contribution in [0.1, 0.15) is 37.5 Å². The lowest BCUT2D eigenvalue weighted by Crippen LogP contribution is -2.40. The number of benzene rings is 1. The van der Waals surface area contributed by atoms with Crippen molar-refractivity contribution < 1.29 is 9.21 Å². The van der Waals surface area contributed by atoms with Gasteiger partial charge in [0.2, 0.25) is 5.91 Å². The number of carbonyl (C=O) groups excluding carboxylic acids is 1. The minimum Gasteiger partial charge on any atom is -0.468 e. The van der Waals surface area contributed by atoms with Gasteiger partial charge in [0.05, 0.1) is 17.3 Å². The Morgan fingerprint density at radius 3 is 2.73 bits per heavy atom. The third kappa shape index (κ3) is 5.53. The van der Waals surface area contributed by atoms with Crippen molar-refractivity contribution in [1.82, 2.24) is 10.2 Å². The van der Waals surface area contributed by atoms with E-state index in [1.807, 2.05) is 36.4 Å². The third-order valence-electron chi connectivity index (χ3n) is 4.62. The Kier molecular flexibility index (Phi) is 7.47. The molecule has 1 aromatic heterocycles. The number of amides is 1. The van der Waals surface area contributed by atoms with Crippen molar-refractivity contribution in [2.75, 3.05) is 25.4 Å². The molecule has 6 heteroatoms. The van der Waals surface area contributed by atoms with Crippen LogP contribution in [-0.2, 0) is 4.79 Å². The Bertz CT molecular complexity index is 687. The summed E-state index contributed by atoms with van der Waals surface area (Å²) in [4.78, 5) is 15.7. The highest BCUT2D eigenvalue weighted by Gasteiger charge is 2.24. The average molecular weight is 393 g/mol. The summed E-state index contributed by atoms with van der Waals surface area (Å²) in [7, 11) is 0. The summed E-state index contributed by atoms with van der Waals surface area (Å²) < 4.78 is 5.62. The molecule has 2 aromatic rings. The molecule has 0 aliphatic carbocycles. The van der Waals surface area contributed by atoms with Gasteiger partial charge in [-0.05, 0) is 50.2 Å². The first-order chi connectivity index (χ1) is 12.7. The number of nitrogens with one attached hydrogen (secondary N) is 1. The largest absolute Gasteiger partial charge is 0.468 e. The number of nitrogens with zero attached hydrogens (tertiary/aromatic N) is 1. The van der Waals surface area contributed by atoms with Crippen molar-refractivity contribution in [1.29, 1.82) is 0 Å². The van der Waals surface area contributed by atoms with Crippen LogP contribution < -0.4 is 5.32 Å². The summed E-state index contributed by atoms with van der Waals surface area (Å²) in [6.07, 6.45) is 5.88. The number of hydrogen-bond donors (Lipinski definition) is 1. The Hall–Kier alpha value is -1.43. The average Bonchev–Trinajstić information content (AvgIpc) is 3.19. The smallest absolute Gasteiger partial charge is 0.220 e. The molecule has 1 atom stereocenters. The van der Waals surface area contributed by atoms with E-state index in [2.05, 4.69) is 10.2 Å². The van der Waals surface area contributed by atoms with Gasteiger partial charge in [-0.3, -0.25) is 9.69 Å². The highest BCUT2D eigenvalue weighted by Crippen LogP contribution is 2.27. The van der Waals surface area contributed by atoms with E-state index < -0.39 is 0 Å². The molecular formula is C20H25ClN2O2S. The summed E-state index contributed by atoms with van der Waals surface area (Å²) in [6, 6.07) is 11.7. The zero-order valence-electron chi connectivity index (χ0n) is 14.8. The fraction of sp³-hybridized carbons (Fsp3) is 0.450. The van der Waals surface area contributed by atoms with Gasteiger partial charge >= 0.3 is 0 Å². The molecule has 1 unspecified atom stereocenters. The summed E-state index contributed by atoms with van der Waals surface area (Å²) in [5.74, 6) is 1.71. The van der Waals surface area contributed by atoms with Crippen LogP contribution in [-0.4, -0.2) is 36.2 Å². The summed E-state index contributed by atoms with van der Waals surface area (Å²) >= 11 is 7.76. The predicted molar refractivity (Wildman–Crippen MR) is 107 cm³/mol. The molecule has 1 aromatic carbocycles. The van der Waals surface area contributed by atoms with Crippen molar-refractivity contribution in [3.63, 3.8) is 0 Å². The van der Waals surface area contributed by atoms with E-state index in [1.165, 1.54) is 19.3 Å². The number of hydrogen-bond acceptors (Lipinski definition) is 4. The van der Waals surface area contributed by atoms with E-state index in [0.29, 0.717) is 18.7 Å². The van der Waals surface area contributed by atoms with Gasteiger partial charge < -0.3 is 9.73 Å². The fourth-order valence-electron chi connectivity index (χ4n) is 3.23. The molecule has 0 radical (unpaired) electrons. The van der Waals surface area contributed by atoms with Crippen molar-refractivity contribution in [3.8, 4) is 0 Å². The van der Waals surface area contributed by atoms with Crippen LogP contribution in [0, 0.1) is 0 Å². The second kappa shape index (κ2) is 10.0. The van der Waals surface area contributed by atoms with Crippen molar-refractivity contribution in [2.45, 2.75) is 36.6 Å². The molecule has 0 saturated carbocycles. The molecule has 4 nitrogen and oxygen atoms in total. The van der Waals surface area contributed by atoms with Crippen molar-refractivity contribution >= 4 is 29.3 Å². The van der Waals surface area contributed by atoms with Gasteiger partial charge in [0.1, 0.15) is 5.76 Å². The van der Waals surface area contributed by atoms with E-state index in [0.717, 1.165) is 28.8 Å². The lowest BCUT2D eigenvalue weighted by Gasteiger charge is -2.33. The van der Waals surface area contributed by atoms with E-state index >= 15 is 0 Å². The molecule has 0 spiro atoms. The standard InChI is InChI=1S/C20H25ClN2O2S/c21-16-7-2-3-9-19(16)26-14-10-20(24)22-15-17(18-8-6-13-25-18)23-11-4-1-5-12-23/h2-3,6-9,13,17H,1,4-5,10-12,14-15H2,(H,22,24). The predicted octanol–water partition coefficient (Wildman–Crippen LogP) is 4.76. The maximum atomic E-state index is 12.3. The molecule has 1 N–H and O–H groups in total. The van der Waals surface area contributed by atoms with Crippen LogP contribution in [0.4, 0.5) is 0 Å². The molecule has 1 saturated heterocycles. The zero-order chi connectivity index (χ0) is 18.2. The van der Waals surface area contributed by atoms with Gasteiger partial charge in [-0.25, -0.2) is 0 Å². The van der Waals surface area contributed by atoms with Crippen LogP contribution >= 0.6 is 23.4 Å². The Morgan fingerprint density at radius 1 is 1.19 bits per heavy atom. The second-order valence-electron chi connectivity index (χ2n) is 6.46. The van der Waals surface area contributed by atoms with Crippen molar-refractivity contribution in [3.05, 3.63) is 53.4 Å². The Morgan fingerprint density at radius 2 is 2.00 bits per heavy atom. The number of likely N-dealkylation sites (tertiary alicyclic amines) is 1. The zero-order valence-corrected chi connectivity index (χ0v) is 16.4. The number of furan rings is 1. The van der Waals surface area contributed by atoms with E-state index in [1.54, 1.807) is 18.0 Å². The van der Waals surface area contributed by atoms with E-state index in [-0.39, 0.29) is 11.9 Å². The molecule has 1 aliphatic heterocycles. The van der Waals surface area contributed by atoms with Crippen molar-refractivity contribution in [2.24, 2.45) is 0 Å². The molecule has 1 aliphatic rings. The minimum atomic E-state index is 0.0677. The summed E-state index contributed by atoms with van der Waals surface area (Å²) in [6.45, 7) is 2.70. The first-order valence-corrected chi connectivity index (χ1v) is 10.5. The van der Waals surface area contributed by atoms with Crippen LogP contribution in [0.3, 0.4) is 0 Å². The van der Waals surface area contributed by atoms with Gasteiger partial charge in [0, 0.05) is 23.6 Å². The third-order valence-corrected chi connectivity index (χ3v) is 6.14. The summed E-state index contributed by atoms with van der Waals surface area (Å²) in [5.41, 5.74) is 0. The molecule has 0 bridgehead atoms. The molecule has 2 heterocycles. The van der Waals surface area contributed by atoms with E-state index in [9.17, 15) is 4.79 Å². The molecule has 26 heavy (non-hydrogen) atoms. The molecular weight excluding hydrogens is 368 g/mol. The van der Waals surface area contributed by atoms with E-state index in [4.69, 9.17) is 16.0 Å². The quantitative estimate of drug-likeness (QED) is 0.658. The van der Waals surface area contributed by atoms with Gasteiger partial charge in [-0.1, -0.05) is 30.2 Å². The fourth-order valence-corrected chi connectivity index (χ4v) is 4.42. The van der Waals surface area contributed by atoms with Gasteiger partial charge in [0.25, 0.3) is 0 Å². The highest BCUT2D eigenvalue weighted by molar-refractivity contribution is 7.99.